The summed E-state index contributed by atoms with van der Waals surface area (Å²) in [6.45, 7) is 4.39. The fraction of sp³-hybridized carbons (Fsp3) is 0.333. The Kier molecular flexibility index (Phi) is 4.99. The Hall–Kier alpha value is -2.09. The molecule has 1 aliphatic heterocycles. The molecule has 0 aliphatic carbocycles. The smallest absolute Gasteiger partial charge is 0.240 e. The summed E-state index contributed by atoms with van der Waals surface area (Å²) in [5.74, 6) is 1.18. The van der Waals surface area contributed by atoms with E-state index in [1.54, 1.807) is 37.3 Å². The van der Waals surface area contributed by atoms with Gasteiger partial charge in [-0.2, -0.15) is 0 Å². The van der Waals surface area contributed by atoms with Crippen molar-refractivity contribution in [2.24, 2.45) is 0 Å². The van der Waals surface area contributed by atoms with Crippen LogP contribution in [-0.2, 0) is 10.0 Å². The molecular formula is C18H21NO5S. The summed E-state index contributed by atoms with van der Waals surface area (Å²) in [5.41, 5.74) is 2.08. The van der Waals surface area contributed by atoms with Gasteiger partial charge in [0.05, 0.1) is 11.0 Å². The normalized spacial score (nSPS) is 15.0. The van der Waals surface area contributed by atoms with E-state index in [0.29, 0.717) is 35.8 Å². The number of nitrogens with one attached hydrogen (secondary N) is 1. The third-order valence-corrected chi connectivity index (χ3v) is 5.62. The van der Waals surface area contributed by atoms with Gasteiger partial charge in [0.2, 0.25) is 10.0 Å². The summed E-state index contributed by atoms with van der Waals surface area (Å²) in [5, 5.41) is 10.3. The Balaban J connectivity index is 1.73. The summed E-state index contributed by atoms with van der Waals surface area (Å²) in [7, 11) is -3.70. The maximum atomic E-state index is 12.5. The molecule has 1 aliphatic rings. The van der Waals surface area contributed by atoms with Gasteiger partial charge in [0.15, 0.2) is 11.5 Å². The maximum absolute atomic E-state index is 12.5. The first-order chi connectivity index (χ1) is 11.9. The number of hydrogen-bond donors (Lipinski definition) is 2. The fourth-order valence-corrected chi connectivity index (χ4v) is 4.01. The van der Waals surface area contributed by atoms with Gasteiger partial charge < -0.3 is 14.6 Å². The molecular weight excluding hydrogens is 342 g/mol. The van der Waals surface area contributed by atoms with E-state index in [4.69, 9.17) is 9.47 Å². The van der Waals surface area contributed by atoms with Crippen molar-refractivity contribution in [2.75, 3.05) is 19.8 Å². The van der Waals surface area contributed by atoms with Crippen molar-refractivity contribution in [1.29, 1.82) is 0 Å². The Bertz CT molecular complexity index is 879. The number of aliphatic hydroxyl groups is 1. The summed E-state index contributed by atoms with van der Waals surface area (Å²) >= 11 is 0. The highest BCUT2D eigenvalue weighted by Gasteiger charge is 2.20. The van der Waals surface area contributed by atoms with E-state index < -0.39 is 16.1 Å². The standard InChI is InChI=1S/C18H21NO5S/c1-12-3-4-13(2)18(9-12)25(21,22)19-11-15(20)14-5-6-16-17(10-14)24-8-7-23-16/h3-6,9-10,15,19-20H,7-8,11H2,1-2H3. The van der Waals surface area contributed by atoms with Crippen LogP contribution < -0.4 is 14.2 Å². The summed E-state index contributed by atoms with van der Waals surface area (Å²) < 4.78 is 38.4. The number of hydrogen-bond acceptors (Lipinski definition) is 5. The van der Waals surface area contributed by atoms with E-state index in [-0.39, 0.29) is 11.4 Å². The second-order valence-corrected chi connectivity index (χ2v) is 7.78. The molecule has 134 valence electrons. The van der Waals surface area contributed by atoms with Crippen molar-refractivity contribution in [3.05, 3.63) is 53.1 Å². The van der Waals surface area contributed by atoms with Gasteiger partial charge in [-0.1, -0.05) is 18.2 Å². The third kappa shape index (κ3) is 3.95. The Morgan fingerprint density at radius 1 is 1.08 bits per heavy atom. The lowest BCUT2D eigenvalue weighted by molar-refractivity contribution is 0.165. The topological polar surface area (TPSA) is 84.9 Å². The molecule has 7 heteroatoms. The average Bonchev–Trinajstić information content (AvgIpc) is 2.61. The van der Waals surface area contributed by atoms with Crippen molar-refractivity contribution in [3.8, 4) is 11.5 Å². The van der Waals surface area contributed by atoms with E-state index in [2.05, 4.69) is 4.72 Å². The zero-order chi connectivity index (χ0) is 18.0. The first-order valence-electron chi connectivity index (χ1n) is 8.01. The van der Waals surface area contributed by atoms with Gasteiger partial charge in [0, 0.05) is 6.54 Å². The molecule has 1 atom stereocenters. The van der Waals surface area contributed by atoms with Gasteiger partial charge in [-0.3, -0.25) is 0 Å². The van der Waals surface area contributed by atoms with Crippen LogP contribution in [0.4, 0.5) is 0 Å². The van der Waals surface area contributed by atoms with Crippen molar-refractivity contribution < 1.29 is 23.0 Å². The molecule has 0 saturated carbocycles. The van der Waals surface area contributed by atoms with Gasteiger partial charge >= 0.3 is 0 Å². The van der Waals surface area contributed by atoms with Crippen LogP contribution in [0.3, 0.4) is 0 Å². The molecule has 0 aromatic heterocycles. The molecule has 0 amide bonds. The molecule has 0 fully saturated rings. The van der Waals surface area contributed by atoms with Crippen LogP contribution in [0, 0.1) is 13.8 Å². The van der Waals surface area contributed by atoms with Crippen LogP contribution >= 0.6 is 0 Å². The molecule has 0 saturated heterocycles. The third-order valence-electron chi connectivity index (χ3n) is 4.05. The molecule has 6 nitrogen and oxygen atoms in total. The van der Waals surface area contributed by atoms with Crippen molar-refractivity contribution >= 4 is 10.0 Å². The van der Waals surface area contributed by atoms with Crippen LogP contribution in [0.2, 0.25) is 0 Å². The largest absolute Gasteiger partial charge is 0.486 e. The van der Waals surface area contributed by atoms with E-state index >= 15 is 0 Å². The number of aryl methyl sites for hydroxylation is 2. The monoisotopic (exact) mass is 363 g/mol. The molecule has 2 aromatic carbocycles. The molecule has 2 aromatic rings. The lowest BCUT2D eigenvalue weighted by atomic mass is 10.1. The fourth-order valence-electron chi connectivity index (χ4n) is 2.65. The average molecular weight is 363 g/mol. The summed E-state index contributed by atoms with van der Waals surface area (Å²) in [4.78, 5) is 0.224. The predicted octanol–water partition coefficient (Wildman–Crippen LogP) is 2.09. The SMILES string of the molecule is Cc1ccc(C)c(S(=O)(=O)NCC(O)c2ccc3c(c2)OCCO3)c1. The van der Waals surface area contributed by atoms with Gasteiger partial charge in [0.25, 0.3) is 0 Å². The Morgan fingerprint density at radius 2 is 1.80 bits per heavy atom. The lowest BCUT2D eigenvalue weighted by Gasteiger charge is -2.20. The van der Waals surface area contributed by atoms with Crippen molar-refractivity contribution in [1.82, 2.24) is 4.72 Å². The maximum Gasteiger partial charge on any atom is 0.240 e. The van der Waals surface area contributed by atoms with Crippen LogP contribution in [-0.4, -0.2) is 33.3 Å². The molecule has 1 heterocycles. The minimum atomic E-state index is -3.70. The van der Waals surface area contributed by atoms with E-state index in [0.717, 1.165) is 5.56 Å². The molecule has 0 spiro atoms. The second-order valence-electron chi connectivity index (χ2n) is 6.04. The summed E-state index contributed by atoms with van der Waals surface area (Å²) in [6.07, 6.45) is -0.990. The summed E-state index contributed by atoms with van der Waals surface area (Å²) in [6, 6.07) is 10.3. The quantitative estimate of drug-likeness (QED) is 0.850. The first kappa shape index (κ1) is 17.7. The highest BCUT2D eigenvalue weighted by Crippen LogP contribution is 2.32. The van der Waals surface area contributed by atoms with Crippen molar-refractivity contribution in [3.63, 3.8) is 0 Å². The number of fused-ring (bicyclic) bond motifs is 1. The molecule has 3 rings (SSSR count). The molecule has 1 unspecified atom stereocenters. The van der Waals surface area contributed by atoms with Crippen molar-refractivity contribution in [2.45, 2.75) is 24.8 Å². The Labute approximate surface area is 147 Å². The Morgan fingerprint density at radius 3 is 2.56 bits per heavy atom. The van der Waals surface area contributed by atoms with Gasteiger partial charge in [-0.15, -0.1) is 0 Å². The van der Waals surface area contributed by atoms with Gasteiger partial charge in [0.1, 0.15) is 13.2 Å². The van der Waals surface area contributed by atoms with Crippen LogP contribution in [0.5, 0.6) is 11.5 Å². The molecule has 2 N–H and O–H groups in total. The molecule has 0 bridgehead atoms. The molecule has 0 radical (unpaired) electrons. The first-order valence-corrected chi connectivity index (χ1v) is 9.50. The number of sulfonamides is 1. The number of rotatable bonds is 5. The second kappa shape index (κ2) is 7.03. The number of aliphatic hydroxyl groups excluding tert-OH is 1. The predicted molar refractivity (Wildman–Crippen MR) is 93.5 cm³/mol. The highest BCUT2D eigenvalue weighted by molar-refractivity contribution is 7.89. The number of benzene rings is 2. The van der Waals surface area contributed by atoms with Crippen LogP contribution in [0.25, 0.3) is 0 Å². The zero-order valence-electron chi connectivity index (χ0n) is 14.2. The number of ether oxygens (including phenoxy) is 2. The van der Waals surface area contributed by atoms with E-state index in [9.17, 15) is 13.5 Å². The van der Waals surface area contributed by atoms with Crippen LogP contribution in [0.1, 0.15) is 22.8 Å². The minimum absolute atomic E-state index is 0.130. The lowest BCUT2D eigenvalue weighted by Crippen LogP contribution is -2.29. The van der Waals surface area contributed by atoms with Gasteiger partial charge in [-0.05, 0) is 48.7 Å². The van der Waals surface area contributed by atoms with E-state index in [1.807, 2.05) is 13.0 Å². The molecule has 25 heavy (non-hydrogen) atoms. The zero-order valence-corrected chi connectivity index (χ0v) is 15.0. The van der Waals surface area contributed by atoms with E-state index in [1.165, 1.54) is 0 Å². The van der Waals surface area contributed by atoms with Crippen LogP contribution in [0.15, 0.2) is 41.3 Å². The highest BCUT2D eigenvalue weighted by atomic mass is 32.2. The minimum Gasteiger partial charge on any atom is -0.486 e. The van der Waals surface area contributed by atoms with Gasteiger partial charge in [-0.25, -0.2) is 13.1 Å².